The molecule has 0 aromatic heterocycles. The van der Waals surface area contributed by atoms with Crippen LogP contribution >= 0.6 is 0 Å². The zero-order chi connectivity index (χ0) is 9.40. The van der Waals surface area contributed by atoms with Gasteiger partial charge in [0.1, 0.15) is 0 Å². The molecule has 0 aromatic rings. The number of hydrogen-bond acceptors (Lipinski definition) is 1. The average Bonchev–Trinajstić information content (AvgIpc) is 2.02. The van der Waals surface area contributed by atoms with Crippen molar-refractivity contribution in [3.63, 3.8) is 0 Å². The van der Waals surface area contributed by atoms with E-state index in [0.29, 0.717) is 12.5 Å². The second-order valence-corrected chi connectivity index (χ2v) is 3.74. The number of aliphatic hydroxyl groups is 1. The fourth-order valence-electron chi connectivity index (χ4n) is 1.15. The minimum absolute atomic E-state index is 0.310. The molecule has 0 amide bonds. The SMILES string of the molecule is CC[C@@H](/C=C/CC(C)C)CCO. The third kappa shape index (κ3) is 6.41. The average molecular weight is 170 g/mol. The molecular formula is C11H22O. The van der Waals surface area contributed by atoms with Crippen LogP contribution in [0.2, 0.25) is 0 Å². The van der Waals surface area contributed by atoms with Gasteiger partial charge in [-0.15, -0.1) is 0 Å². The normalized spacial score (nSPS) is 14.4. The summed E-state index contributed by atoms with van der Waals surface area (Å²) in [7, 11) is 0. The maximum Gasteiger partial charge on any atom is 0.0436 e. The van der Waals surface area contributed by atoms with E-state index in [1.807, 2.05) is 0 Å². The van der Waals surface area contributed by atoms with E-state index >= 15 is 0 Å². The molecule has 0 rings (SSSR count). The van der Waals surface area contributed by atoms with Gasteiger partial charge >= 0.3 is 0 Å². The number of hydrogen-bond donors (Lipinski definition) is 1. The van der Waals surface area contributed by atoms with Crippen LogP contribution in [0.5, 0.6) is 0 Å². The Labute approximate surface area is 76.5 Å². The fourth-order valence-corrected chi connectivity index (χ4v) is 1.15. The van der Waals surface area contributed by atoms with Gasteiger partial charge < -0.3 is 5.11 Å². The molecule has 1 atom stereocenters. The van der Waals surface area contributed by atoms with Gasteiger partial charge in [-0.1, -0.05) is 32.9 Å². The molecule has 1 N–H and O–H groups in total. The number of allylic oxidation sites excluding steroid dienone is 2. The molecule has 0 unspecified atom stereocenters. The summed E-state index contributed by atoms with van der Waals surface area (Å²) in [6.07, 6.45) is 7.69. The van der Waals surface area contributed by atoms with Crippen molar-refractivity contribution >= 4 is 0 Å². The summed E-state index contributed by atoms with van der Waals surface area (Å²) in [5.74, 6) is 1.32. The molecule has 0 bridgehead atoms. The topological polar surface area (TPSA) is 20.2 Å². The van der Waals surface area contributed by atoms with Crippen LogP contribution in [0.25, 0.3) is 0 Å². The van der Waals surface area contributed by atoms with Crippen LogP contribution in [0, 0.1) is 11.8 Å². The zero-order valence-electron chi connectivity index (χ0n) is 8.59. The van der Waals surface area contributed by atoms with Gasteiger partial charge in [0.05, 0.1) is 0 Å². The van der Waals surface area contributed by atoms with Crippen LogP contribution in [0.1, 0.15) is 40.0 Å². The Balaban J connectivity index is 3.60. The summed E-state index contributed by atoms with van der Waals surface area (Å²) < 4.78 is 0. The quantitative estimate of drug-likeness (QED) is 0.608. The monoisotopic (exact) mass is 170 g/mol. The Bertz CT molecular complexity index is 116. The Morgan fingerprint density at radius 1 is 1.33 bits per heavy atom. The Morgan fingerprint density at radius 2 is 2.00 bits per heavy atom. The highest BCUT2D eigenvalue weighted by molar-refractivity contribution is 4.88. The summed E-state index contributed by atoms with van der Waals surface area (Å²) in [5.41, 5.74) is 0. The van der Waals surface area contributed by atoms with Crippen LogP contribution < -0.4 is 0 Å². The summed E-state index contributed by atoms with van der Waals surface area (Å²) in [6.45, 7) is 6.92. The van der Waals surface area contributed by atoms with E-state index in [4.69, 9.17) is 5.11 Å². The lowest BCUT2D eigenvalue weighted by Gasteiger charge is -2.07. The van der Waals surface area contributed by atoms with E-state index in [1.165, 1.54) is 0 Å². The first-order chi connectivity index (χ1) is 5.70. The van der Waals surface area contributed by atoms with Gasteiger partial charge in [-0.05, 0) is 31.1 Å². The summed E-state index contributed by atoms with van der Waals surface area (Å²) in [5, 5.41) is 8.74. The van der Waals surface area contributed by atoms with E-state index < -0.39 is 0 Å². The molecule has 0 aromatic carbocycles. The number of rotatable bonds is 6. The molecule has 72 valence electrons. The van der Waals surface area contributed by atoms with Crippen molar-refractivity contribution < 1.29 is 5.11 Å². The van der Waals surface area contributed by atoms with Crippen molar-refractivity contribution in [1.82, 2.24) is 0 Å². The highest BCUT2D eigenvalue weighted by atomic mass is 16.3. The third-order valence-corrected chi connectivity index (χ3v) is 2.04. The van der Waals surface area contributed by atoms with Crippen LogP contribution in [0.4, 0.5) is 0 Å². The molecular weight excluding hydrogens is 148 g/mol. The molecule has 1 nitrogen and oxygen atoms in total. The first kappa shape index (κ1) is 11.7. The lowest BCUT2D eigenvalue weighted by atomic mass is 10.0. The maximum absolute atomic E-state index is 8.74. The predicted molar refractivity (Wildman–Crippen MR) is 54.1 cm³/mol. The van der Waals surface area contributed by atoms with Gasteiger partial charge in [0.15, 0.2) is 0 Å². The second kappa shape index (κ2) is 7.35. The van der Waals surface area contributed by atoms with Gasteiger partial charge in [0, 0.05) is 6.61 Å². The van der Waals surface area contributed by atoms with Crippen molar-refractivity contribution in [2.24, 2.45) is 11.8 Å². The van der Waals surface area contributed by atoms with E-state index in [9.17, 15) is 0 Å². The molecule has 0 heterocycles. The summed E-state index contributed by atoms with van der Waals surface area (Å²) >= 11 is 0. The highest BCUT2D eigenvalue weighted by Crippen LogP contribution is 2.10. The van der Waals surface area contributed by atoms with E-state index in [-0.39, 0.29) is 0 Å². The first-order valence-corrected chi connectivity index (χ1v) is 4.98. The molecule has 0 aliphatic heterocycles. The minimum atomic E-state index is 0.310. The predicted octanol–water partition coefficient (Wildman–Crippen LogP) is 3.00. The molecule has 0 radical (unpaired) electrons. The Kier molecular flexibility index (Phi) is 7.17. The zero-order valence-corrected chi connectivity index (χ0v) is 8.59. The molecule has 0 aliphatic rings. The molecule has 0 saturated heterocycles. The molecule has 0 saturated carbocycles. The lowest BCUT2D eigenvalue weighted by Crippen LogP contribution is -1.97. The molecule has 12 heavy (non-hydrogen) atoms. The number of aliphatic hydroxyl groups excluding tert-OH is 1. The van der Waals surface area contributed by atoms with Crippen molar-refractivity contribution in [1.29, 1.82) is 0 Å². The van der Waals surface area contributed by atoms with Crippen molar-refractivity contribution in [3.8, 4) is 0 Å². The van der Waals surface area contributed by atoms with Crippen molar-refractivity contribution in [2.75, 3.05) is 6.61 Å². The van der Waals surface area contributed by atoms with Crippen molar-refractivity contribution in [3.05, 3.63) is 12.2 Å². The minimum Gasteiger partial charge on any atom is -0.396 e. The van der Waals surface area contributed by atoms with Gasteiger partial charge in [-0.25, -0.2) is 0 Å². The Morgan fingerprint density at radius 3 is 2.42 bits per heavy atom. The van der Waals surface area contributed by atoms with Gasteiger partial charge in [-0.2, -0.15) is 0 Å². The second-order valence-electron chi connectivity index (χ2n) is 3.74. The van der Waals surface area contributed by atoms with Crippen LogP contribution in [0.15, 0.2) is 12.2 Å². The Hall–Kier alpha value is -0.300. The van der Waals surface area contributed by atoms with E-state index in [2.05, 4.69) is 32.9 Å². The van der Waals surface area contributed by atoms with Crippen LogP contribution in [0.3, 0.4) is 0 Å². The smallest absolute Gasteiger partial charge is 0.0436 e. The maximum atomic E-state index is 8.74. The fraction of sp³-hybridized carbons (Fsp3) is 0.818. The first-order valence-electron chi connectivity index (χ1n) is 4.98. The van der Waals surface area contributed by atoms with E-state index in [0.717, 1.165) is 25.2 Å². The molecule has 0 fully saturated rings. The van der Waals surface area contributed by atoms with Crippen molar-refractivity contribution in [2.45, 2.75) is 40.0 Å². The van der Waals surface area contributed by atoms with Crippen LogP contribution in [-0.4, -0.2) is 11.7 Å². The summed E-state index contributed by atoms with van der Waals surface area (Å²) in [6, 6.07) is 0. The highest BCUT2D eigenvalue weighted by Gasteiger charge is 1.99. The standard InChI is InChI=1S/C11H22O/c1-4-11(8-9-12)7-5-6-10(2)3/h5,7,10-12H,4,6,8-9H2,1-3H3/b7-5+/t11-/m0/s1. The van der Waals surface area contributed by atoms with Gasteiger partial charge in [-0.3, -0.25) is 0 Å². The molecule has 0 spiro atoms. The largest absolute Gasteiger partial charge is 0.396 e. The lowest BCUT2D eigenvalue weighted by molar-refractivity contribution is 0.268. The van der Waals surface area contributed by atoms with Gasteiger partial charge in [0.2, 0.25) is 0 Å². The third-order valence-electron chi connectivity index (χ3n) is 2.04. The van der Waals surface area contributed by atoms with Crippen LogP contribution in [-0.2, 0) is 0 Å². The summed E-state index contributed by atoms with van der Waals surface area (Å²) in [4.78, 5) is 0. The molecule has 1 heteroatoms. The molecule has 0 aliphatic carbocycles. The van der Waals surface area contributed by atoms with Gasteiger partial charge in [0.25, 0.3) is 0 Å². The van der Waals surface area contributed by atoms with E-state index in [1.54, 1.807) is 0 Å².